The molecule has 0 amide bonds. The Morgan fingerprint density at radius 3 is 2.90 bits per heavy atom. The number of thiophene rings is 1. The molecular formula is C11H13N3O4S2. The highest BCUT2D eigenvalue weighted by molar-refractivity contribution is 7.89. The maximum atomic E-state index is 12.2. The summed E-state index contributed by atoms with van der Waals surface area (Å²) in [6, 6.07) is 0. The van der Waals surface area contributed by atoms with Crippen molar-refractivity contribution in [1.29, 1.82) is 0 Å². The second-order valence-corrected chi connectivity index (χ2v) is 6.65. The number of H-pyrrole nitrogens is 1. The van der Waals surface area contributed by atoms with Crippen molar-refractivity contribution >= 4 is 27.3 Å². The minimum Gasteiger partial charge on any atom is -0.477 e. The molecule has 0 saturated carbocycles. The number of sulfonamides is 1. The molecule has 20 heavy (non-hydrogen) atoms. The van der Waals surface area contributed by atoms with Gasteiger partial charge in [-0.15, -0.1) is 11.3 Å². The van der Waals surface area contributed by atoms with E-state index in [1.165, 1.54) is 5.38 Å². The van der Waals surface area contributed by atoms with Gasteiger partial charge in [-0.3, -0.25) is 0 Å². The van der Waals surface area contributed by atoms with Gasteiger partial charge in [0.05, 0.1) is 0 Å². The normalized spacial score (nSPS) is 11.7. The highest BCUT2D eigenvalue weighted by Gasteiger charge is 2.26. The minimum atomic E-state index is -3.84. The number of imidazole rings is 1. The second kappa shape index (κ2) is 5.73. The fourth-order valence-corrected chi connectivity index (χ4v) is 4.38. The predicted octanol–water partition coefficient (Wildman–Crippen LogP) is 0.999. The largest absolute Gasteiger partial charge is 0.477 e. The third-order valence-corrected chi connectivity index (χ3v) is 5.45. The molecule has 0 aliphatic heterocycles. The van der Waals surface area contributed by atoms with E-state index >= 15 is 0 Å². The standard InChI is InChI=1S/C11H13N3O4S2/c1-7-6-19-9(11(15)16)10(7)20(17,18)14-3-2-8-12-4-5-13-8/h4-6,14H,2-3H2,1H3,(H,12,13)(H,15,16). The summed E-state index contributed by atoms with van der Waals surface area (Å²) in [7, 11) is -3.84. The van der Waals surface area contributed by atoms with Crippen molar-refractivity contribution in [2.45, 2.75) is 18.2 Å². The molecule has 0 unspecified atom stereocenters. The number of aromatic nitrogens is 2. The van der Waals surface area contributed by atoms with Gasteiger partial charge in [0.2, 0.25) is 10.0 Å². The third-order valence-electron chi connectivity index (χ3n) is 2.59. The zero-order valence-electron chi connectivity index (χ0n) is 10.6. The fraction of sp³-hybridized carbons (Fsp3) is 0.273. The first-order valence-corrected chi connectivity index (χ1v) is 8.07. The molecule has 2 aromatic rings. The van der Waals surface area contributed by atoms with Crippen LogP contribution in [-0.4, -0.2) is 36.0 Å². The van der Waals surface area contributed by atoms with E-state index in [1.54, 1.807) is 19.3 Å². The van der Waals surface area contributed by atoms with Crippen LogP contribution in [0.4, 0.5) is 0 Å². The van der Waals surface area contributed by atoms with Crippen LogP contribution < -0.4 is 4.72 Å². The summed E-state index contributed by atoms with van der Waals surface area (Å²) in [4.78, 5) is 17.6. The zero-order chi connectivity index (χ0) is 14.8. The van der Waals surface area contributed by atoms with Crippen molar-refractivity contribution in [3.05, 3.63) is 34.0 Å². The monoisotopic (exact) mass is 315 g/mol. The minimum absolute atomic E-state index is 0.143. The highest BCUT2D eigenvalue weighted by Crippen LogP contribution is 2.26. The summed E-state index contributed by atoms with van der Waals surface area (Å²) < 4.78 is 26.7. The van der Waals surface area contributed by atoms with Crippen LogP contribution in [0.2, 0.25) is 0 Å². The Hall–Kier alpha value is -1.71. The van der Waals surface area contributed by atoms with E-state index < -0.39 is 16.0 Å². The SMILES string of the molecule is Cc1csc(C(=O)O)c1S(=O)(=O)NCCc1ncc[nH]1. The van der Waals surface area contributed by atoms with Gasteiger partial charge in [-0.1, -0.05) is 0 Å². The van der Waals surface area contributed by atoms with Gasteiger partial charge in [-0.2, -0.15) is 0 Å². The summed E-state index contributed by atoms with van der Waals surface area (Å²) in [5.74, 6) is -0.581. The molecule has 0 atom stereocenters. The molecule has 0 aromatic carbocycles. The van der Waals surface area contributed by atoms with Crippen LogP contribution in [0.25, 0.3) is 0 Å². The van der Waals surface area contributed by atoms with Gasteiger partial charge in [-0.05, 0) is 17.9 Å². The number of aromatic carboxylic acids is 1. The molecule has 0 aliphatic carbocycles. The number of aromatic amines is 1. The molecule has 2 rings (SSSR count). The summed E-state index contributed by atoms with van der Waals surface area (Å²) in [6.45, 7) is 1.72. The maximum absolute atomic E-state index is 12.2. The van der Waals surface area contributed by atoms with E-state index in [0.29, 0.717) is 17.8 Å². The summed E-state index contributed by atoms with van der Waals surface area (Å²) in [5, 5.41) is 10.5. The molecule has 0 aliphatic rings. The molecule has 0 radical (unpaired) electrons. The lowest BCUT2D eigenvalue weighted by Crippen LogP contribution is -2.27. The number of hydrogen-bond acceptors (Lipinski definition) is 5. The molecule has 0 fully saturated rings. The summed E-state index contributed by atoms with van der Waals surface area (Å²) >= 11 is 0.905. The maximum Gasteiger partial charge on any atom is 0.347 e. The van der Waals surface area contributed by atoms with E-state index in [0.717, 1.165) is 11.3 Å². The molecule has 0 saturated heterocycles. The predicted molar refractivity (Wildman–Crippen MR) is 73.5 cm³/mol. The van der Waals surface area contributed by atoms with E-state index in [4.69, 9.17) is 5.11 Å². The Bertz CT molecular complexity index is 704. The lowest BCUT2D eigenvalue weighted by molar-refractivity contribution is 0.0698. The van der Waals surface area contributed by atoms with Crippen LogP contribution in [0.1, 0.15) is 21.1 Å². The lowest BCUT2D eigenvalue weighted by Gasteiger charge is -2.07. The number of nitrogens with zero attached hydrogens (tertiary/aromatic N) is 1. The Labute approximate surface area is 119 Å². The molecule has 2 aromatic heterocycles. The van der Waals surface area contributed by atoms with Gasteiger partial charge in [0.25, 0.3) is 0 Å². The van der Waals surface area contributed by atoms with Crippen molar-refractivity contribution in [3.8, 4) is 0 Å². The van der Waals surface area contributed by atoms with Gasteiger partial charge >= 0.3 is 5.97 Å². The first kappa shape index (κ1) is 14.7. The molecule has 2 heterocycles. The van der Waals surface area contributed by atoms with Gasteiger partial charge in [-0.25, -0.2) is 22.9 Å². The number of hydrogen-bond donors (Lipinski definition) is 3. The van der Waals surface area contributed by atoms with Crippen LogP contribution in [0.3, 0.4) is 0 Å². The van der Waals surface area contributed by atoms with Gasteiger partial charge < -0.3 is 10.1 Å². The van der Waals surface area contributed by atoms with E-state index in [9.17, 15) is 13.2 Å². The Kier molecular flexibility index (Phi) is 4.21. The molecule has 0 bridgehead atoms. The quantitative estimate of drug-likeness (QED) is 0.736. The highest BCUT2D eigenvalue weighted by atomic mass is 32.2. The van der Waals surface area contributed by atoms with Crippen molar-refractivity contribution < 1.29 is 18.3 Å². The van der Waals surface area contributed by atoms with Crippen LogP contribution in [-0.2, 0) is 16.4 Å². The molecule has 108 valence electrons. The van der Waals surface area contributed by atoms with Gasteiger partial charge in [0, 0.05) is 25.4 Å². The fourth-order valence-electron chi connectivity index (χ4n) is 1.73. The first-order valence-electron chi connectivity index (χ1n) is 5.71. The number of carboxylic acids is 1. The number of carboxylic acid groups (broad SMARTS) is 1. The van der Waals surface area contributed by atoms with Crippen LogP contribution >= 0.6 is 11.3 Å². The van der Waals surface area contributed by atoms with Crippen LogP contribution in [0.5, 0.6) is 0 Å². The Morgan fingerprint density at radius 2 is 2.30 bits per heavy atom. The molecular weight excluding hydrogens is 302 g/mol. The zero-order valence-corrected chi connectivity index (χ0v) is 12.2. The molecule has 0 spiro atoms. The van der Waals surface area contributed by atoms with Crippen molar-refractivity contribution in [3.63, 3.8) is 0 Å². The second-order valence-electron chi connectivity index (χ2n) is 4.07. The summed E-state index contributed by atoms with van der Waals surface area (Å²) in [5.41, 5.74) is 0.429. The lowest BCUT2D eigenvalue weighted by atomic mass is 10.3. The third kappa shape index (κ3) is 3.06. The van der Waals surface area contributed by atoms with Crippen LogP contribution in [0.15, 0.2) is 22.7 Å². The molecule has 7 nitrogen and oxygen atoms in total. The number of rotatable bonds is 6. The van der Waals surface area contributed by atoms with Gasteiger partial charge in [0.15, 0.2) is 0 Å². The van der Waals surface area contributed by atoms with Crippen molar-refractivity contribution in [1.82, 2.24) is 14.7 Å². The smallest absolute Gasteiger partial charge is 0.347 e. The molecule has 9 heteroatoms. The summed E-state index contributed by atoms with van der Waals surface area (Å²) in [6.07, 6.45) is 3.63. The topological polar surface area (TPSA) is 112 Å². The van der Waals surface area contributed by atoms with E-state index in [1.807, 2.05) is 0 Å². The Morgan fingerprint density at radius 1 is 1.55 bits per heavy atom. The number of carbonyl (C=O) groups is 1. The van der Waals surface area contributed by atoms with Crippen molar-refractivity contribution in [2.24, 2.45) is 0 Å². The average molecular weight is 315 g/mol. The average Bonchev–Trinajstić information content (AvgIpc) is 2.98. The van der Waals surface area contributed by atoms with Crippen LogP contribution in [0, 0.1) is 6.92 Å². The van der Waals surface area contributed by atoms with Crippen molar-refractivity contribution in [2.75, 3.05) is 6.54 Å². The van der Waals surface area contributed by atoms with E-state index in [-0.39, 0.29) is 16.3 Å². The number of aryl methyl sites for hydroxylation is 1. The number of nitrogens with one attached hydrogen (secondary N) is 2. The van der Waals surface area contributed by atoms with E-state index in [2.05, 4.69) is 14.7 Å². The Balaban J connectivity index is 2.14. The first-order chi connectivity index (χ1) is 9.42. The van der Waals surface area contributed by atoms with Gasteiger partial charge in [0.1, 0.15) is 15.6 Å². The molecule has 3 N–H and O–H groups in total.